The van der Waals surface area contributed by atoms with Crippen LogP contribution >= 0.6 is 0 Å². The van der Waals surface area contributed by atoms with E-state index >= 15 is 0 Å². The van der Waals surface area contributed by atoms with Crippen LogP contribution in [0.25, 0.3) is 0 Å². The molecule has 26 heavy (non-hydrogen) atoms. The lowest BCUT2D eigenvalue weighted by molar-refractivity contribution is 0.0347. The van der Waals surface area contributed by atoms with Gasteiger partial charge in [-0.25, -0.2) is 0 Å². The zero-order valence-electron chi connectivity index (χ0n) is 16.5. The van der Waals surface area contributed by atoms with Gasteiger partial charge < -0.3 is 20.5 Å². The lowest BCUT2D eigenvalue weighted by Gasteiger charge is -2.34. The van der Waals surface area contributed by atoms with E-state index in [4.69, 9.17) is 10.5 Å². The molecule has 1 aliphatic carbocycles. The summed E-state index contributed by atoms with van der Waals surface area (Å²) in [5.41, 5.74) is 7.95. The third-order valence-electron chi connectivity index (χ3n) is 6.17. The van der Waals surface area contributed by atoms with Gasteiger partial charge in [-0.15, -0.1) is 0 Å². The van der Waals surface area contributed by atoms with E-state index in [1.807, 2.05) is 13.8 Å². The van der Waals surface area contributed by atoms with Gasteiger partial charge in [-0.1, -0.05) is 17.7 Å². The maximum atomic E-state index is 10.5. The summed E-state index contributed by atoms with van der Waals surface area (Å²) in [5.74, 6) is 1.62. The summed E-state index contributed by atoms with van der Waals surface area (Å²) in [6.07, 6.45) is 13.2. The van der Waals surface area contributed by atoms with Crippen LogP contribution in [0.5, 0.6) is 0 Å². The number of rotatable bonds is 6. The summed E-state index contributed by atoms with van der Waals surface area (Å²) in [6, 6.07) is 0. The van der Waals surface area contributed by atoms with Crippen molar-refractivity contribution in [3.05, 3.63) is 35.1 Å². The highest BCUT2D eigenvalue weighted by molar-refractivity contribution is 5.35. The molecule has 3 aliphatic rings. The molecular weight excluding hydrogens is 324 g/mol. The normalized spacial score (nSPS) is 29.0. The highest BCUT2D eigenvalue weighted by Gasteiger charge is 2.34. The zero-order valence-corrected chi connectivity index (χ0v) is 16.5. The van der Waals surface area contributed by atoms with E-state index < -0.39 is 5.60 Å². The molecule has 0 amide bonds. The van der Waals surface area contributed by atoms with Crippen LogP contribution in [-0.2, 0) is 4.74 Å². The predicted octanol–water partition coefficient (Wildman–Crippen LogP) is 3.39. The monoisotopic (exact) mass is 360 g/mol. The topological polar surface area (TPSA) is 58.7 Å². The predicted molar refractivity (Wildman–Crippen MR) is 107 cm³/mol. The van der Waals surface area contributed by atoms with Crippen LogP contribution in [-0.4, -0.2) is 48.4 Å². The average Bonchev–Trinajstić information content (AvgIpc) is 3.06. The Bertz CT molecular complexity index is 565. The second kappa shape index (κ2) is 8.73. The number of aliphatic hydroxyl groups is 1. The summed E-state index contributed by atoms with van der Waals surface area (Å²) in [4.78, 5) is 2.60. The van der Waals surface area contributed by atoms with Gasteiger partial charge in [0, 0.05) is 18.3 Å². The van der Waals surface area contributed by atoms with Crippen LogP contribution in [0.2, 0.25) is 0 Å². The molecule has 0 aromatic heterocycles. The fraction of sp³-hybridized carbons (Fsp3) is 0.727. The van der Waals surface area contributed by atoms with E-state index in [0.29, 0.717) is 12.5 Å². The van der Waals surface area contributed by atoms with Gasteiger partial charge in [0.2, 0.25) is 0 Å². The fourth-order valence-electron chi connectivity index (χ4n) is 4.52. The molecule has 0 aromatic carbocycles. The molecule has 2 heterocycles. The minimum absolute atomic E-state index is 0.146. The second-order valence-corrected chi connectivity index (χ2v) is 8.56. The first-order valence-electron chi connectivity index (χ1n) is 10.4. The Morgan fingerprint density at radius 1 is 1.35 bits per heavy atom. The summed E-state index contributed by atoms with van der Waals surface area (Å²) in [5, 5.41) is 10.5. The molecule has 0 bridgehead atoms. The van der Waals surface area contributed by atoms with Crippen molar-refractivity contribution in [3.63, 3.8) is 0 Å². The van der Waals surface area contributed by atoms with Crippen molar-refractivity contribution in [1.29, 1.82) is 0 Å². The number of ether oxygens (including phenoxy) is 1. The standard InChI is InChI=1S/C22H36N2O2/c1-22(2,25)18-7-8-21-20(16-18)19(9-14-24-12-3-4-13-24)17(6-5-11-23)10-15-26-21/h6-8,18-19,25H,3-5,9-16,23H2,1-2H3/b17-6+. The zero-order chi connectivity index (χ0) is 18.6. The average molecular weight is 361 g/mol. The van der Waals surface area contributed by atoms with Gasteiger partial charge in [-0.2, -0.15) is 0 Å². The lowest BCUT2D eigenvalue weighted by Crippen LogP contribution is -2.32. The molecule has 2 aliphatic heterocycles. The van der Waals surface area contributed by atoms with Crippen molar-refractivity contribution < 1.29 is 9.84 Å². The molecule has 4 heteroatoms. The Labute approximate surface area is 158 Å². The molecule has 2 atom stereocenters. The van der Waals surface area contributed by atoms with Crippen LogP contribution in [0.4, 0.5) is 0 Å². The second-order valence-electron chi connectivity index (χ2n) is 8.56. The van der Waals surface area contributed by atoms with Crippen LogP contribution in [0, 0.1) is 11.8 Å². The van der Waals surface area contributed by atoms with E-state index in [1.54, 1.807) is 0 Å². The first kappa shape index (κ1) is 19.7. The summed E-state index contributed by atoms with van der Waals surface area (Å²) < 4.78 is 6.11. The van der Waals surface area contributed by atoms with Gasteiger partial charge in [0.05, 0.1) is 12.2 Å². The molecule has 0 radical (unpaired) electrons. The van der Waals surface area contributed by atoms with Crippen molar-refractivity contribution in [2.75, 3.05) is 32.8 Å². The van der Waals surface area contributed by atoms with E-state index in [0.717, 1.165) is 44.6 Å². The van der Waals surface area contributed by atoms with Crippen molar-refractivity contribution in [3.8, 4) is 0 Å². The Kier molecular flexibility index (Phi) is 6.60. The SMILES string of the molecule is CC(C)(O)C1C=CC2=C(C1)C(CCN1CCCC1)/C(=C/CCN)CCO2. The molecule has 0 saturated carbocycles. The number of likely N-dealkylation sites (tertiary alicyclic amines) is 1. The van der Waals surface area contributed by atoms with E-state index in [1.165, 1.54) is 37.1 Å². The summed E-state index contributed by atoms with van der Waals surface area (Å²) in [7, 11) is 0. The molecule has 3 N–H and O–H groups in total. The summed E-state index contributed by atoms with van der Waals surface area (Å²) >= 11 is 0. The Hall–Kier alpha value is -1.10. The Morgan fingerprint density at radius 3 is 2.81 bits per heavy atom. The maximum Gasteiger partial charge on any atom is 0.118 e. The quantitative estimate of drug-likeness (QED) is 0.713. The van der Waals surface area contributed by atoms with Crippen LogP contribution in [0.3, 0.4) is 0 Å². The van der Waals surface area contributed by atoms with Crippen molar-refractivity contribution in [1.82, 2.24) is 4.90 Å². The molecule has 0 aromatic rings. The third-order valence-corrected chi connectivity index (χ3v) is 6.17. The highest BCUT2D eigenvalue weighted by atomic mass is 16.5. The molecule has 4 nitrogen and oxygen atoms in total. The van der Waals surface area contributed by atoms with Gasteiger partial charge >= 0.3 is 0 Å². The maximum absolute atomic E-state index is 10.5. The van der Waals surface area contributed by atoms with Gasteiger partial charge in [0.15, 0.2) is 0 Å². The van der Waals surface area contributed by atoms with Gasteiger partial charge in [0.25, 0.3) is 0 Å². The number of hydrogen-bond donors (Lipinski definition) is 2. The number of nitrogens with two attached hydrogens (primary N) is 1. The molecule has 1 fully saturated rings. The first-order valence-corrected chi connectivity index (χ1v) is 10.4. The van der Waals surface area contributed by atoms with Crippen LogP contribution in [0.1, 0.15) is 52.4 Å². The van der Waals surface area contributed by atoms with Gasteiger partial charge in [-0.05, 0) is 83.8 Å². The minimum atomic E-state index is -0.706. The molecule has 3 rings (SSSR count). The fourth-order valence-corrected chi connectivity index (χ4v) is 4.52. The lowest BCUT2D eigenvalue weighted by atomic mass is 9.75. The van der Waals surface area contributed by atoms with E-state index in [2.05, 4.69) is 23.1 Å². The number of hydrogen-bond acceptors (Lipinski definition) is 4. The van der Waals surface area contributed by atoms with Crippen LogP contribution < -0.4 is 5.73 Å². The Morgan fingerprint density at radius 2 is 2.12 bits per heavy atom. The number of allylic oxidation sites excluding steroid dienone is 2. The minimum Gasteiger partial charge on any atom is -0.493 e. The third kappa shape index (κ3) is 4.79. The summed E-state index contributed by atoms with van der Waals surface area (Å²) in [6.45, 7) is 8.89. The van der Waals surface area contributed by atoms with Gasteiger partial charge in [0.1, 0.15) is 5.76 Å². The van der Waals surface area contributed by atoms with E-state index in [9.17, 15) is 5.11 Å². The van der Waals surface area contributed by atoms with Crippen molar-refractivity contribution in [2.24, 2.45) is 17.6 Å². The van der Waals surface area contributed by atoms with Crippen LogP contribution in [0.15, 0.2) is 35.1 Å². The van der Waals surface area contributed by atoms with E-state index in [-0.39, 0.29) is 5.92 Å². The molecule has 0 spiro atoms. The highest BCUT2D eigenvalue weighted by Crippen LogP contribution is 2.41. The van der Waals surface area contributed by atoms with Crippen molar-refractivity contribution >= 4 is 0 Å². The molecule has 146 valence electrons. The largest absolute Gasteiger partial charge is 0.493 e. The molecule has 1 saturated heterocycles. The number of nitrogens with zero attached hydrogens (tertiary/aromatic N) is 1. The molecule has 2 unspecified atom stereocenters. The van der Waals surface area contributed by atoms with Crippen molar-refractivity contribution in [2.45, 2.75) is 58.0 Å². The first-order chi connectivity index (χ1) is 12.5. The smallest absolute Gasteiger partial charge is 0.118 e. The van der Waals surface area contributed by atoms with Gasteiger partial charge in [-0.3, -0.25) is 0 Å². The Balaban J connectivity index is 1.83. The molecular formula is C22H36N2O2.